The number of aryl methyl sites for hydroxylation is 4. The van der Waals surface area contributed by atoms with Gasteiger partial charge in [0.1, 0.15) is 31.3 Å². The van der Waals surface area contributed by atoms with Crippen molar-refractivity contribution in [1.82, 2.24) is 14.3 Å². The van der Waals surface area contributed by atoms with Gasteiger partial charge in [0.15, 0.2) is 0 Å². The van der Waals surface area contributed by atoms with E-state index in [9.17, 15) is 4.39 Å². The van der Waals surface area contributed by atoms with Gasteiger partial charge in [-0.25, -0.2) is 13.5 Å². The van der Waals surface area contributed by atoms with Crippen molar-refractivity contribution in [3.05, 3.63) is 71.8 Å². The Balaban J connectivity index is 0.000000552. The van der Waals surface area contributed by atoms with Gasteiger partial charge in [-0.3, -0.25) is 4.68 Å². The molecule has 9 heteroatoms. The minimum absolute atomic E-state index is 0.198. The van der Waals surface area contributed by atoms with Crippen LogP contribution in [-0.4, -0.2) is 14.3 Å². The average Bonchev–Trinajstić information content (AvgIpc) is 3.13. The first-order valence-electron chi connectivity index (χ1n) is 7.76. The molecule has 0 bridgehead atoms. The first kappa shape index (κ1) is 21.4. The van der Waals surface area contributed by atoms with Crippen LogP contribution in [0.2, 0.25) is 0 Å². The molecular weight excluding hydrogens is 492 g/mol. The second-order valence-corrected chi connectivity index (χ2v) is 12.8. The number of rotatable bonds is 5. The summed E-state index contributed by atoms with van der Waals surface area (Å²) in [5.74, 6) is -0.198. The zero-order valence-corrected chi connectivity index (χ0v) is 18.2. The predicted octanol–water partition coefficient (Wildman–Crippen LogP) is 4.54. The fourth-order valence-electron chi connectivity index (χ4n) is 2.58. The van der Waals surface area contributed by atoms with E-state index in [4.69, 9.17) is 28.6 Å². The molecule has 1 aromatic carbocycles. The molecule has 0 saturated heterocycles. The number of nitrogens with zero attached hydrogens (tertiary/aromatic N) is 4. The summed E-state index contributed by atoms with van der Waals surface area (Å²) in [4.78, 5) is 0. The molecule has 0 N–H and O–H groups in total. The van der Waals surface area contributed by atoms with Crippen molar-refractivity contribution in [2.75, 3.05) is 0 Å². The summed E-state index contributed by atoms with van der Waals surface area (Å²) in [6, 6.07) is 8.71. The summed E-state index contributed by atoms with van der Waals surface area (Å²) < 4.78 is 19.2. The van der Waals surface area contributed by atoms with Gasteiger partial charge < -0.3 is 0 Å². The number of halogens is 4. The third kappa shape index (κ3) is 7.38. The molecule has 0 aliphatic rings. The Morgan fingerprint density at radius 2 is 1.77 bits per heavy atom. The van der Waals surface area contributed by atoms with Gasteiger partial charge in [-0.15, -0.1) is 0 Å². The van der Waals surface area contributed by atoms with E-state index < -0.39 is 13.7 Å². The first-order valence-corrected chi connectivity index (χ1v) is 13.8. The molecule has 3 rings (SSSR count). The van der Waals surface area contributed by atoms with Gasteiger partial charge in [0.25, 0.3) is 0 Å². The molecule has 2 aromatic heterocycles. The van der Waals surface area contributed by atoms with Crippen molar-refractivity contribution in [2.45, 2.75) is 33.5 Å². The van der Waals surface area contributed by atoms with Crippen LogP contribution in [0.25, 0.3) is 0 Å². The number of hydrogen-bond acceptors (Lipinski definition) is 1. The summed E-state index contributed by atoms with van der Waals surface area (Å²) in [6.07, 6.45) is 6.15. The average molecular weight is 512 g/mol. The van der Waals surface area contributed by atoms with Gasteiger partial charge in [-0.1, -0.05) is 12.1 Å². The third-order valence-electron chi connectivity index (χ3n) is 3.70. The summed E-state index contributed by atoms with van der Waals surface area (Å²) in [5, 5.41) is 4.47. The van der Waals surface area contributed by atoms with Crippen LogP contribution in [0.15, 0.2) is 49.1 Å². The maximum atomic E-state index is 12.9. The Hall–Kier alpha value is -0.898. The van der Waals surface area contributed by atoms with E-state index in [0.29, 0.717) is 0 Å². The summed E-state index contributed by atoms with van der Waals surface area (Å²) in [7, 11) is 14.8. The molecule has 0 spiro atoms. The van der Waals surface area contributed by atoms with E-state index in [1.165, 1.54) is 17.8 Å². The van der Waals surface area contributed by atoms with Crippen molar-refractivity contribution in [3.63, 3.8) is 0 Å². The zero-order valence-electron chi connectivity index (χ0n) is 14.4. The van der Waals surface area contributed by atoms with Gasteiger partial charge in [0, 0.05) is 5.69 Å². The van der Waals surface area contributed by atoms with E-state index in [-0.39, 0.29) is 5.82 Å². The third-order valence-corrected chi connectivity index (χ3v) is 3.70. The first-order chi connectivity index (χ1) is 12.3. The summed E-state index contributed by atoms with van der Waals surface area (Å²) >= 11 is -1.57. The molecule has 2 heterocycles. The number of benzene rings is 1. The SMILES string of the molecule is Cc1cc(C)n(CCn2cc[n+](Cc3ccc(F)cc3)c2)n1.[Cl][Pd-]([Cl])[Cl]. The molecule has 0 radical (unpaired) electrons. The van der Waals surface area contributed by atoms with E-state index in [0.717, 1.165) is 30.9 Å². The molecule has 0 fully saturated rings. The Morgan fingerprint density at radius 3 is 2.35 bits per heavy atom. The van der Waals surface area contributed by atoms with Crippen molar-refractivity contribution in [1.29, 1.82) is 0 Å². The normalized spacial score (nSPS) is 11.1. The van der Waals surface area contributed by atoms with E-state index in [1.54, 1.807) is 0 Å². The van der Waals surface area contributed by atoms with Crippen LogP contribution in [-0.2, 0) is 33.3 Å². The molecule has 0 saturated carbocycles. The Labute approximate surface area is 170 Å². The molecule has 0 unspecified atom stereocenters. The van der Waals surface area contributed by atoms with Crippen LogP contribution in [0.1, 0.15) is 17.0 Å². The van der Waals surface area contributed by atoms with Gasteiger partial charge in [-0.05, 0) is 37.6 Å². The van der Waals surface area contributed by atoms with Crippen molar-refractivity contribution in [3.8, 4) is 0 Å². The van der Waals surface area contributed by atoms with Crippen LogP contribution in [0.3, 0.4) is 0 Å². The van der Waals surface area contributed by atoms with E-state index in [1.807, 2.05) is 29.9 Å². The fraction of sp³-hybridized carbons (Fsp3) is 0.294. The van der Waals surface area contributed by atoms with Gasteiger partial charge in [0.05, 0.1) is 12.2 Å². The number of imidazole rings is 1. The fourth-order valence-corrected chi connectivity index (χ4v) is 2.58. The molecule has 26 heavy (non-hydrogen) atoms. The Kier molecular flexibility index (Phi) is 8.59. The van der Waals surface area contributed by atoms with Crippen molar-refractivity contribution >= 4 is 28.6 Å². The molecule has 0 aliphatic carbocycles. The molecule has 146 valence electrons. The van der Waals surface area contributed by atoms with Crippen LogP contribution in [0, 0.1) is 19.7 Å². The molecule has 0 atom stereocenters. The van der Waals surface area contributed by atoms with Crippen LogP contribution in [0.5, 0.6) is 0 Å². The van der Waals surface area contributed by atoms with Crippen LogP contribution >= 0.6 is 28.6 Å². The molecule has 0 amide bonds. The maximum absolute atomic E-state index is 12.9. The van der Waals surface area contributed by atoms with Gasteiger partial charge >= 0.3 is 42.3 Å². The second kappa shape index (κ2) is 10.4. The molecule has 0 aliphatic heterocycles. The number of hydrogen-bond donors (Lipinski definition) is 0. The van der Waals surface area contributed by atoms with E-state index in [2.05, 4.69) is 39.7 Å². The molecular formula is C17H20Cl3FN4Pd. The molecule has 3 aromatic rings. The quantitative estimate of drug-likeness (QED) is 0.365. The van der Waals surface area contributed by atoms with Crippen molar-refractivity contribution in [2.24, 2.45) is 0 Å². The summed E-state index contributed by atoms with van der Waals surface area (Å²) in [5.41, 5.74) is 3.32. The predicted molar refractivity (Wildman–Crippen MR) is 99.4 cm³/mol. The second-order valence-electron chi connectivity index (χ2n) is 5.74. The van der Waals surface area contributed by atoms with Gasteiger partial charge in [-0.2, -0.15) is 5.10 Å². The topological polar surface area (TPSA) is 26.6 Å². The van der Waals surface area contributed by atoms with Crippen molar-refractivity contribution < 1.29 is 22.7 Å². The number of aromatic nitrogens is 4. The zero-order chi connectivity index (χ0) is 19.1. The summed E-state index contributed by atoms with van der Waals surface area (Å²) in [6.45, 7) is 6.55. The Morgan fingerprint density at radius 1 is 1.12 bits per heavy atom. The standard InChI is InChI=1S/C17H20FN4.3ClH.Pd/c1-14-11-15(2)22(19-14)10-9-20-7-8-21(13-20)12-16-3-5-17(18)6-4-16;;;;/h3-8,11,13H,9-10,12H2,1-2H3;3*1H;/q+1;;;;+2/p-3. The van der Waals surface area contributed by atoms with Crippen LogP contribution < -0.4 is 4.57 Å². The molecule has 4 nitrogen and oxygen atoms in total. The Bertz CT molecular complexity index is 815. The monoisotopic (exact) mass is 510 g/mol. The van der Waals surface area contributed by atoms with E-state index >= 15 is 0 Å². The van der Waals surface area contributed by atoms with Crippen LogP contribution in [0.4, 0.5) is 4.39 Å². The minimum atomic E-state index is -1.57. The van der Waals surface area contributed by atoms with Gasteiger partial charge in [0.2, 0.25) is 6.33 Å².